The van der Waals surface area contributed by atoms with Crippen LogP contribution in [0.2, 0.25) is 0 Å². The summed E-state index contributed by atoms with van der Waals surface area (Å²) in [6, 6.07) is 13.4. The third-order valence-electron chi connectivity index (χ3n) is 4.83. The number of rotatable bonds is 5. The number of nitrogens with zero attached hydrogens (tertiary/aromatic N) is 3. The average molecular weight is 404 g/mol. The van der Waals surface area contributed by atoms with E-state index in [-0.39, 0.29) is 0 Å². The van der Waals surface area contributed by atoms with E-state index in [1.165, 1.54) is 11.3 Å². The van der Waals surface area contributed by atoms with Gasteiger partial charge in [-0.3, -0.25) is 4.79 Å². The van der Waals surface area contributed by atoms with Gasteiger partial charge < -0.3 is 14.5 Å². The molecule has 29 heavy (non-hydrogen) atoms. The number of para-hydroxylation sites is 1. The number of benzene rings is 2. The van der Waals surface area contributed by atoms with Crippen LogP contribution in [0.4, 0.5) is 0 Å². The molecular weight excluding hydrogens is 388 g/mol. The Labute approximate surface area is 169 Å². The molecule has 0 unspecified atom stereocenters. The van der Waals surface area contributed by atoms with Gasteiger partial charge in [-0.2, -0.15) is 9.61 Å². The first-order chi connectivity index (χ1) is 14.2. The monoisotopic (exact) mass is 404 g/mol. The van der Waals surface area contributed by atoms with E-state index in [4.69, 9.17) is 14.5 Å². The summed E-state index contributed by atoms with van der Waals surface area (Å²) in [4.78, 5) is 20.5. The number of carbonyl (C=O) groups is 1. The zero-order chi connectivity index (χ0) is 20.0. The van der Waals surface area contributed by atoms with Crippen LogP contribution < -0.4 is 9.47 Å². The van der Waals surface area contributed by atoms with Gasteiger partial charge >= 0.3 is 0 Å². The Kier molecular flexibility index (Phi) is 4.06. The molecule has 5 aromatic rings. The van der Waals surface area contributed by atoms with Gasteiger partial charge in [0.2, 0.25) is 4.96 Å². The minimum atomic E-state index is 0.369. The predicted octanol–water partition coefficient (Wildman–Crippen LogP) is 4.44. The fourth-order valence-electron chi connectivity index (χ4n) is 3.42. The molecule has 0 spiro atoms. The first kappa shape index (κ1) is 17.4. The molecule has 0 saturated heterocycles. The van der Waals surface area contributed by atoms with E-state index in [1.807, 2.05) is 30.5 Å². The molecule has 8 heteroatoms. The number of hydrogen-bond donors (Lipinski definition) is 1. The van der Waals surface area contributed by atoms with Crippen molar-refractivity contribution in [1.82, 2.24) is 19.6 Å². The van der Waals surface area contributed by atoms with Crippen molar-refractivity contribution in [3.63, 3.8) is 0 Å². The highest BCUT2D eigenvalue weighted by atomic mass is 32.1. The molecule has 0 radical (unpaired) electrons. The Bertz CT molecular complexity index is 1370. The smallest absolute Gasteiger partial charge is 0.213 e. The molecule has 0 fully saturated rings. The van der Waals surface area contributed by atoms with Crippen molar-refractivity contribution in [2.75, 3.05) is 14.2 Å². The van der Waals surface area contributed by atoms with Crippen LogP contribution in [0.15, 0.2) is 48.7 Å². The number of fused-ring (bicyclic) bond motifs is 2. The minimum absolute atomic E-state index is 0.369. The molecule has 0 aliphatic carbocycles. The molecule has 3 aromatic heterocycles. The van der Waals surface area contributed by atoms with Gasteiger partial charge in [0, 0.05) is 28.2 Å². The van der Waals surface area contributed by atoms with Crippen LogP contribution in [0.25, 0.3) is 37.7 Å². The summed E-state index contributed by atoms with van der Waals surface area (Å²) in [5.74, 6) is 1.26. The number of H-pyrrole nitrogens is 1. The summed E-state index contributed by atoms with van der Waals surface area (Å²) in [6.07, 6.45) is 2.70. The summed E-state index contributed by atoms with van der Waals surface area (Å²) in [7, 11) is 3.17. The lowest BCUT2D eigenvalue weighted by Crippen LogP contribution is -1.96. The molecule has 144 valence electrons. The number of aldehydes is 1. The van der Waals surface area contributed by atoms with Gasteiger partial charge in [-0.1, -0.05) is 29.5 Å². The van der Waals surface area contributed by atoms with E-state index in [0.29, 0.717) is 33.4 Å². The third-order valence-corrected chi connectivity index (χ3v) is 5.77. The van der Waals surface area contributed by atoms with E-state index in [1.54, 1.807) is 36.9 Å². The maximum absolute atomic E-state index is 12.0. The van der Waals surface area contributed by atoms with Crippen LogP contribution in [0.5, 0.6) is 11.5 Å². The first-order valence-electron chi connectivity index (χ1n) is 8.87. The van der Waals surface area contributed by atoms with E-state index >= 15 is 0 Å². The van der Waals surface area contributed by atoms with Crippen molar-refractivity contribution in [3.8, 4) is 33.3 Å². The van der Waals surface area contributed by atoms with Crippen molar-refractivity contribution in [2.45, 2.75) is 0 Å². The van der Waals surface area contributed by atoms with Crippen molar-refractivity contribution < 1.29 is 14.3 Å². The highest BCUT2D eigenvalue weighted by molar-refractivity contribution is 7.20. The quantitative estimate of drug-likeness (QED) is 0.438. The molecule has 0 saturated carbocycles. The van der Waals surface area contributed by atoms with Crippen molar-refractivity contribution in [2.24, 2.45) is 0 Å². The highest BCUT2D eigenvalue weighted by Gasteiger charge is 2.22. The van der Waals surface area contributed by atoms with Crippen molar-refractivity contribution >= 4 is 33.5 Å². The zero-order valence-electron chi connectivity index (χ0n) is 15.7. The Hall–Kier alpha value is -3.65. The zero-order valence-corrected chi connectivity index (χ0v) is 16.5. The summed E-state index contributed by atoms with van der Waals surface area (Å²) >= 11 is 1.43. The molecular formula is C21H16N4O3S. The van der Waals surface area contributed by atoms with Gasteiger partial charge in [-0.25, -0.2) is 4.98 Å². The maximum Gasteiger partial charge on any atom is 0.213 e. The lowest BCUT2D eigenvalue weighted by molar-refractivity contribution is 0.111. The SMILES string of the molecule is COc1ccc(OC)c(-c2nc3sc(-c4c[nH]c5ccccc45)nn3c2C=O)c1. The fraction of sp³-hybridized carbons (Fsp3) is 0.0952. The number of aromatic amines is 1. The Morgan fingerprint density at radius 1 is 1.10 bits per heavy atom. The van der Waals surface area contributed by atoms with Crippen LogP contribution in [-0.4, -0.2) is 40.1 Å². The Balaban J connectivity index is 1.69. The summed E-state index contributed by atoms with van der Waals surface area (Å²) in [5.41, 5.74) is 3.58. The molecule has 0 atom stereocenters. The van der Waals surface area contributed by atoms with Crippen molar-refractivity contribution in [3.05, 3.63) is 54.4 Å². The standard InChI is InChI=1S/C21H16N4O3S/c1-27-12-7-8-18(28-2)14(9-12)19-17(11-26)25-21(23-19)29-20(24-25)15-10-22-16-6-4-3-5-13(15)16/h3-11,22H,1-2H3. The average Bonchev–Trinajstić information content (AvgIpc) is 3.44. The van der Waals surface area contributed by atoms with Gasteiger partial charge in [-0.15, -0.1) is 0 Å². The van der Waals surface area contributed by atoms with Gasteiger partial charge in [0.1, 0.15) is 27.9 Å². The number of ether oxygens (including phenoxy) is 2. The van der Waals surface area contributed by atoms with E-state index in [0.717, 1.165) is 27.8 Å². The van der Waals surface area contributed by atoms with Gasteiger partial charge in [0.25, 0.3) is 0 Å². The minimum Gasteiger partial charge on any atom is -0.497 e. The second-order valence-electron chi connectivity index (χ2n) is 6.38. The number of imidazole rings is 1. The van der Waals surface area contributed by atoms with Crippen LogP contribution in [0.3, 0.4) is 0 Å². The topological polar surface area (TPSA) is 81.5 Å². The Morgan fingerprint density at radius 3 is 2.76 bits per heavy atom. The van der Waals surface area contributed by atoms with Crippen molar-refractivity contribution in [1.29, 1.82) is 0 Å². The maximum atomic E-state index is 12.0. The largest absolute Gasteiger partial charge is 0.497 e. The van der Waals surface area contributed by atoms with Crippen LogP contribution >= 0.6 is 11.3 Å². The Morgan fingerprint density at radius 2 is 1.97 bits per heavy atom. The molecule has 2 aromatic carbocycles. The van der Waals surface area contributed by atoms with E-state index in [2.05, 4.69) is 10.1 Å². The van der Waals surface area contributed by atoms with Gasteiger partial charge in [-0.05, 0) is 24.3 Å². The lowest BCUT2D eigenvalue weighted by Gasteiger charge is -2.09. The van der Waals surface area contributed by atoms with Gasteiger partial charge in [0.15, 0.2) is 6.29 Å². The lowest BCUT2D eigenvalue weighted by atomic mass is 10.1. The van der Waals surface area contributed by atoms with Crippen LogP contribution in [-0.2, 0) is 0 Å². The number of nitrogens with one attached hydrogen (secondary N) is 1. The predicted molar refractivity (Wildman–Crippen MR) is 112 cm³/mol. The van der Waals surface area contributed by atoms with Gasteiger partial charge in [0.05, 0.1) is 14.2 Å². The van der Waals surface area contributed by atoms with Crippen LogP contribution in [0, 0.1) is 0 Å². The molecule has 3 heterocycles. The molecule has 7 nitrogen and oxygen atoms in total. The molecule has 0 bridgehead atoms. The second kappa shape index (κ2) is 6.75. The second-order valence-corrected chi connectivity index (χ2v) is 7.34. The summed E-state index contributed by atoms with van der Waals surface area (Å²) < 4.78 is 12.4. The number of carbonyl (C=O) groups excluding carboxylic acids is 1. The number of methoxy groups -OCH3 is 2. The van der Waals surface area contributed by atoms with E-state index in [9.17, 15) is 4.79 Å². The number of aromatic nitrogens is 4. The highest BCUT2D eigenvalue weighted by Crippen LogP contribution is 2.37. The first-order valence-corrected chi connectivity index (χ1v) is 9.68. The fourth-order valence-corrected chi connectivity index (χ4v) is 4.36. The third kappa shape index (κ3) is 2.68. The molecule has 0 aliphatic heterocycles. The number of hydrogen-bond acceptors (Lipinski definition) is 6. The normalized spacial score (nSPS) is 11.2. The molecule has 0 amide bonds. The summed E-state index contributed by atoms with van der Waals surface area (Å²) in [5, 5.41) is 6.53. The summed E-state index contributed by atoms with van der Waals surface area (Å²) in [6.45, 7) is 0. The van der Waals surface area contributed by atoms with E-state index < -0.39 is 0 Å². The van der Waals surface area contributed by atoms with Crippen LogP contribution in [0.1, 0.15) is 10.5 Å². The molecule has 1 N–H and O–H groups in total. The molecule has 0 aliphatic rings. The molecule has 5 rings (SSSR count).